The van der Waals surface area contributed by atoms with Gasteiger partial charge in [0.2, 0.25) is 0 Å². The standard InChI is InChI=1S/2C18H11Br/c2*19-12-9-10-17-15-7-2-1-5-13(15)14-6-3-4-8-16(14)18(17)11-12/h2*1-11H. The van der Waals surface area contributed by atoms with Gasteiger partial charge in [0.1, 0.15) is 0 Å². The van der Waals surface area contributed by atoms with Gasteiger partial charge < -0.3 is 0 Å². The molecule has 2 heteroatoms. The van der Waals surface area contributed by atoms with Gasteiger partial charge >= 0.3 is 0 Å². The first-order valence-corrected chi connectivity index (χ1v) is 14.2. The van der Waals surface area contributed by atoms with Crippen molar-refractivity contribution in [1.29, 1.82) is 0 Å². The zero-order chi connectivity index (χ0) is 25.6. The first-order valence-electron chi connectivity index (χ1n) is 12.7. The van der Waals surface area contributed by atoms with Gasteiger partial charge in [-0.1, -0.05) is 141 Å². The largest absolute Gasteiger partial charge is 0.0616 e. The average Bonchev–Trinajstić information content (AvgIpc) is 2.98. The van der Waals surface area contributed by atoms with Crippen LogP contribution in [0.1, 0.15) is 0 Å². The first-order chi connectivity index (χ1) is 18.7. The Morgan fingerprint density at radius 3 is 0.711 bits per heavy atom. The van der Waals surface area contributed by atoms with Crippen molar-refractivity contribution < 1.29 is 0 Å². The molecule has 38 heavy (non-hydrogen) atoms. The lowest BCUT2D eigenvalue weighted by atomic mass is 9.94. The monoisotopic (exact) mass is 612 g/mol. The van der Waals surface area contributed by atoms with Crippen LogP contribution in [-0.2, 0) is 0 Å². The lowest BCUT2D eigenvalue weighted by molar-refractivity contribution is 1.73. The fourth-order valence-electron chi connectivity index (χ4n) is 5.76. The average molecular weight is 614 g/mol. The van der Waals surface area contributed by atoms with E-state index in [9.17, 15) is 0 Å². The van der Waals surface area contributed by atoms with E-state index in [1.54, 1.807) is 0 Å². The van der Waals surface area contributed by atoms with E-state index in [1.807, 2.05) is 0 Å². The van der Waals surface area contributed by atoms with Gasteiger partial charge in [0.25, 0.3) is 0 Å². The van der Waals surface area contributed by atoms with Crippen molar-refractivity contribution in [3.05, 3.63) is 142 Å². The summed E-state index contributed by atoms with van der Waals surface area (Å²) in [5, 5.41) is 15.8. The molecule has 0 saturated carbocycles. The molecule has 0 radical (unpaired) electrons. The summed E-state index contributed by atoms with van der Waals surface area (Å²) in [6.07, 6.45) is 0. The van der Waals surface area contributed by atoms with E-state index in [0.717, 1.165) is 8.95 Å². The molecule has 0 aromatic heterocycles. The smallest absolute Gasteiger partial charge is 0.0181 e. The van der Waals surface area contributed by atoms with Gasteiger partial charge in [0.15, 0.2) is 0 Å². The molecular weight excluding hydrogens is 592 g/mol. The molecule has 0 spiro atoms. The molecule has 0 amide bonds. The Labute approximate surface area is 237 Å². The van der Waals surface area contributed by atoms with E-state index in [0.29, 0.717) is 0 Å². The van der Waals surface area contributed by atoms with Crippen molar-refractivity contribution >= 4 is 96.5 Å². The van der Waals surface area contributed by atoms with Gasteiger partial charge in [-0.3, -0.25) is 0 Å². The quantitative estimate of drug-likeness (QED) is 0.149. The maximum atomic E-state index is 3.58. The Hall–Kier alpha value is -3.72. The summed E-state index contributed by atoms with van der Waals surface area (Å²) in [4.78, 5) is 0. The molecule has 0 aliphatic rings. The minimum absolute atomic E-state index is 1.13. The van der Waals surface area contributed by atoms with Gasteiger partial charge in [0, 0.05) is 8.95 Å². The van der Waals surface area contributed by atoms with Crippen molar-refractivity contribution in [2.75, 3.05) is 0 Å². The summed E-state index contributed by atoms with van der Waals surface area (Å²) in [6.45, 7) is 0. The molecule has 8 rings (SSSR count). The van der Waals surface area contributed by atoms with Crippen molar-refractivity contribution in [2.45, 2.75) is 0 Å². The Bertz CT molecular complexity index is 1930. The first kappa shape index (κ1) is 23.4. The highest BCUT2D eigenvalue weighted by Crippen LogP contribution is 2.37. The van der Waals surface area contributed by atoms with E-state index in [2.05, 4.69) is 165 Å². The van der Waals surface area contributed by atoms with Crippen LogP contribution in [0.2, 0.25) is 0 Å². The molecular formula is C36H22Br2. The fourth-order valence-corrected chi connectivity index (χ4v) is 6.48. The van der Waals surface area contributed by atoms with Crippen molar-refractivity contribution in [3.63, 3.8) is 0 Å². The molecule has 0 bridgehead atoms. The van der Waals surface area contributed by atoms with Crippen LogP contribution in [0.15, 0.2) is 142 Å². The highest BCUT2D eigenvalue weighted by atomic mass is 79.9. The van der Waals surface area contributed by atoms with Gasteiger partial charge in [-0.25, -0.2) is 0 Å². The lowest BCUT2D eigenvalue weighted by Crippen LogP contribution is -1.82. The van der Waals surface area contributed by atoms with Gasteiger partial charge in [-0.15, -0.1) is 0 Å². The van der Waals surface area contributed by atoms with E-state index in [-0.39, 0.29) is 0 Å². The van der Waals surface area contributed by atoms with Crippen LogP contribution in [0.5, 0.6) is 0 Å². The molecule has 0 heterocycles. The maximum Gasteiger partial charge on any atom is 0.0181 e. The number of rotatable bonds is 0. The number of fused-ring (bicyclic) bond motifs is 12. The van der Waals surface area contributed by atoms with Crippen LogP contribution in [0.25, 0.3) is 64.6 Å². The second-order valence-corrected chi connectivity index (χ2v) is 11.4. The number of hydrogen-bond donors (Lipinski definition) is 0. The molecule has 0 atom stereocenters. The number of halogens is 2. The summed E-state index contributed by atoms with van der Waals surface area (Å²) in [5.41, 5.74) is 0. The lowest BCUT2D eigenvalue weighted by Gasteiger charge is -2.10. The molecule has 0 N–H and O–H groups in total. The SMILES string of the molecule is Brc1ccc2c3ccccc3c3ccccc3c2c1.Brc1ccc2c3ccccc3c3ccccc3c2c1. The van der Waals surface area contributed by atoms with Crippen LogP contribution in [0, 0.1) is 0 Å². The Balaban J connectivity index is 0.000000127. The highest BCUT2D eigenvalue weighted by molar-refractivity contribution is 9.10. The summed E-state index contributed by atoms with van der Waals surface area (Å²) < 4.78 is 2.25. The second kappa shape index (κ2) is 9.54. The normalized spacial score (nSPS) is 11.4. The van der Waals surface area contributed by atoms with E-state index < -0.39 is 0 Å². The number of hydrogen-bond acceptors (Lipinski definition) is 0. The van der Waals surface area contributed by atoms with Crippen molar-refractivity contribution in [3.8, 4) is 0 Å². The highest BCUT2D eigenvalue weighted by Gasteiger charge is 2.09. The molecule has 0 aliphatic carbocycles. The molecule has 8 aromatic rings. The van der Waals surface area contributed by atoms with E-state index >= 15 is 0 Å². The molecule has 0 nitrogen and oxygen atoms in total. The van der Waals surface area contributed by atoms with Gasteiger partial charge in [0.05, 0.1) is 0 Å². The van der Waals surface area contributed by atoms with Crippen LogP contribution >= 0.6 is 31.9 Å². The minimum Gasteiger partial charge on any atom is -0.0616 e. The summed E-state index contributed by atoms with van der Waals surface area (Å²) in [5.74, 6) is 0. The molecule has 0 aliphatic heterocycles. The Kier molecular flexibility index (Phi) is 5.88. The van der Waals surface area contributed by atoms with Gasteiger partial charge in [-0.05, 0) is 88.9 Å². The second-order valence-electron chi connectivity index (χ2n) is 9.56. The predicted molar refractivity (Wildman–Crippen MR) is 173 cm³/mol. The van der Waals surface area contributed by atoms with Crippen LogP contribution in [0.4, 0.5) is 0 Å². The zero-order valence-electron chi connectivity index (χ0n) is 20.5. The molecule has 0 unspecified atom stereocenters. The molecule has 0 fully saturated rings. The summed E-state index contributed by atoms with van der Waals surface area (Å²) in [7, 11) is 0. The molecule has 8 aromatic carbocycles. The summed E-state index contributed by atoms with van der Waals surface area (Å²) in [6, 6.07) is 47.6. The van der Waals surface area contributed by atoms with Crippen LogP contribution in [0.3, 0.4) is 0 Å². The third-order valence-electron chi connectivity index (χ3n) is 7.41. The third-order valence-corrected chi connectivity index (χ3v) is 8.40. The predicted octanol–water partition coefficient (Wildman–Crippen LogP) is 11.8. The Morgan fingerprint density at radius 2 is 0.447 bits per heavy atom. The third kappa shape index (κ3) is 3.88. The fraction of sp³-hybridized carbons (Fsp3) is 0. The molecule has 180 valence electrons. The topological polar surface area (TPSA) is 0 Å². The number of benzene rings is 8. The van der Waals surface area contributed by atoms with Crippen molar-refractivity contribution in [1.82, 2.24) is 0 Å². The zero-order valence-corrected chi connectivity index (χ0v) is 23.6. The van der Waals surface area contributed by atoms with Crippen LogP contribution < -0.4 is 0 Å². The Morgan fingerprint density at radius 1 is 0.237 bits per heavy atom. The molecule has 0 saturated heterocycles. The van der Waals surface area contributed by atoms with E-state index in [4.69, 9.17) is 0 Å². The maximum absolute atomic E-state index is 3.58. The van der Waals surface area contributed by atoms with Crippen molar-refractivity contribution in [2.24, 2.45) is 0 Å². The summed E-state index contributed by atoms with van der Waals surface area (Å²) >= 11 is 7.16. The van der Waals surface area contributed by atoms with Crippen LogP contribution in [-0.4, -0.2) is 0 Å². The van der Waals surface area contributed by atoms with E-state index in [1.165, 1.54) is 64.6 Å². The minimum atomic E-state index is 1.13. The van der Waals surface area contributed by atoms with Gasteiger partial charge in [-0.2, -0.15) is 0 Å².